The maximum absolute atomic E-state index is 12.7. The molecule has 1 aliphatic heterocycles. The molecule has 0 bridgehead atoms. The van der Waals surface area contributed by atoms with Gasteiger partial charge in [-0.2, -0.15) is 0 Å². The van der Waals surface area contributed by atoms with E-state index in [-0.39, 0.29) is 5.91 Å². The lowest BCUT2D eigenvalue weighted by atomic mass is 10.2. The van der Waals surface area contributed by atoms with Crippen molar-refractivity contribution in [3.63, 3.8) is 0 Å². The molecule has 1 N–H and O–H groups in total. The molecular formula is C19H19N5O2. The average Bonchev–Trinajstić information content (AvgIpc) is 3.34. The van der Waals surface area contributed by atoms with Crippen molar-refractivity contribution in [1.29, 1.82) is 0 Å². The number of carbonyl (C=O) groups excluding carboxylic acids is 1. The van der Waals surface area contributed by atoms with Gasteiger partial charge in [-0.3, -0.25) is 4.79 Å². The Bertz CT molecular complexity index is 917. The molecule has 3 aromatic rings. The van der Waals surface area contributed by atoms with E-state index < -0.39 is 0 Å². The highest BCUT2D eigenvalue weighted by Gasteiger charge is 2.19. The van der Waals surface area contributed by atoms with Crippen molar-refractivity contribution in [1.82, 2.24) is 15.1 Å². The van der Waals surface area contributed by atoms with Crippen molar-refractivity contribution < 1.29 is 9.32 Å². The molecule has 1 fully saturated rings. The van der Waals surface area contributed by atoms with Crippen LogP contribution in [-0.2, 0) is 0 Å². The molecule has 1 amide bonds. The van der Waals surface area contributed by atoms with E-state index in [1.54, 1.807) is 19.1 Å². The van der Waals surface area contributed by atoms with Gasteiger partial charge in [0.15, 0.2) is 11.6 Å². The molecule has 0 spiro atoms. The molecule has 0 aliphatic carbocycles. The van der Waals surface area contributed by atoms with E-state index in [4.69, 9.17) is 4.52 Å². The molecule has 4 rings (SSSR count). The van der Waals surface area contributed by atoms with Gasteiger partial charge in [0.2, 0.25) is 0 Å². The van der Waals surface area contributed by atoms with E-state index in [1.807, 2.05) is 30.3 Å². The molecule has 132 valence electrons. The number of hydrogen-bond donors (Lipinski definition) is 1. The monoisotopic (exact) mass is 349 g/mol. The molecule has 0 saturated carbocycles. The summed E-state index contributed by atoms with van der Waals surface area (Å²) in [6.45, 7) is 3.65. The Morgan fingerprint density at radius 2 is 1.88 bits per heavy atom. The second-order valence-corrected chi connectivity index (χ2v) is 6.27. The lowest BCUT2D eigenvalue weighted by Crippen LogP contribution is -2.22. The average molecular weight is 349 g/mol. The summed E-state index contributed by atoms with van der Waals surface area (Å²) in [4.78, 5) is 24.0. The third kappa shape index (κ3) is 3.42. The van der Waals surface area contributed by atoms with Gasteiger partial charge in [-0.1, -0.05) is 35.5 Å². The zero-order chi connectivity index (χ0) is 17.9. The third-order valence-corrected chi connectivity index (χ3v) is 4.28. The molecule has 7 heteroatoms. The van der Waals surface area contributed by atoms with Gasteiger partial charge in [0.05, 0.1) is 0 Å². The minimum Gasteiger partial charge on any atom is -0.360 e. The molecule has 2 aromatic heterocycles. The van der Waals surface area contributed by atoms with Crippen LogP contribution >= 0.6 is 0 Å². The van der Waals surface area contributed by atoms with Crippen LogP contribution in [0.15, 0.2) is 47.0 Å². The summed E-state index contributed by atoms with van der Waals surface area (Å²) < 4.78 is 4.99. The number of carbonyl (C=O) groups is 1. The summed E-state index contributed by atoms with van der Waals surface area (Å²) in [5, 5.41) is 6.52. The Labute approximate surface area is 151 Å². The van der Waals surface area contributed by atoms with Crippen molar-refractivity contribution >= 4 is 17.5 Å². The van der Waals surface area contributed by atoms with Crippen LogP contribution < -0.4 is 10.2 Å². The van der Waals surface area contributed by atoms with Crippen LogP contribution in [0.25, 0.3) is 11.4 Å². The van der Waals surface area contributed by atoms with E-state index in [0.29, 0.717) is 23.1 Å². The summed E-state index contributed by atoms with van der Waals surface area (Å²) in [6.07, 6.45) is 2.26. The minimum absolute atomic E-state index is 0.307. The minimum atomic E-state index is -0.335. The largest absolute Gasteiger partial charge is 0.360 e. The van der Waals surface area contributed by atoms with Crippen LogP contribution in [-0.4, -0.2) is 34.1 Å². The van der Waals surface area contributed by atoms with Gasteiger partial charge in [0.25, 0.3) is 5.91 Å². The van der Waals surface area contributed by atoms with Crippen LogP contribution in [0.5, 0.6) is 0 Å². The van der Waals surface area contributed by atoms with E-state index in [1.165, 1.54) is 0 Å². The Balaban J connectivity index is 1.70. The highest BCUT2D eigenvalue weighted by Crippen LogP contribution is 2.23. The highest BCUT2D eigenvalue weighted by atomic mass is 16.5. The summed E-state index contributed by atoms with van der Waals surface area (Å²) in [5.74, 6) is 1.98. The quantitative estimate of drug-likeness (QED) is 0.778. The first-order valence-electron chi connectivity index (χ1n) is 8.63. The number of hydrogen-bond acceptors (Lipinski definition) is 6. The van der Waals surface area contributed by atoms with Gasteiger partial charge in [0, 0.05) is 30.8 Å². The molecule has 0 radical (unpaired) electrons. The van der Waals surface area contributed by atoms with Gasteiger partial charge in [-0.05, 0) is 19.8 Å². The SMILES string of the molecule is Cc1cc(NC(=O)c2cc(N3CCCC3)nc(-c3ccccc3)n2)no1. The first kappa shape index (κ1) is 16.3. The van der Waals surface area contributed by atoms with Gasteiger partial charge < -0.3 is 14.7 Å². The maximum Gasteiger partial charge on any atom is 0.275 e. The van der Waals surface area contributed by atoms with Gasteiger partial charge in [0.1, 0.15) is 17.3 Å². The Kier molecular flexibility index (Phi) is 4.35. The standard InChI is InChI=1S/C19H19N5O2/c1-13-11-16(23-26-13)21-19(25)15-12-17(24-9-5-6-10-24)22-18(20-15)14-7-3-2-4-8-14/h2-4,7-8,11-12H,5-6,9-10H2,1H3,(H,21,23,25). The fraction of sp³-hybridized carbons (Fsp3) is 0.263. The molecule has 26 heavy (non-hydrogen) atoms. The Morgan fingerprint density at radius 3 is 2.58 bits per heavy atom. The topological polar surface area (TPSA) is 84.2 Å². The smallest absolute Gasteiger partial charge is 0.275 e. The van der Waals surface area contributed by atoms with E-state index >= 15 is 0 Å². The number of aromatic nitrogens is 3. The van der Waals surface area contributed by atoms with Gasteiger partial charge in [-0.25, -0.2) is 9.97 Å². The van der Waals surface area contributed by atoms with Gasteiger partial charge >= 0.3 is 0 Å². The Hall–Kier alpha value is -3.22. The molecule has 3 heterocycles. The van der Waals surface area contributed by atoms with Crippen LogP contribution in [0.3, 0.4) is 0 Å². The lowest BCUT2D eigenvalue weighted by molar-refractivity contribution is 0.102. The van der Waals surface area contributed by atoms with E-state index in [9.17, 15) is 4.79 Å². The van der Waals surface area contributed by atoms with Crippen molar-refractivity contribution in [2.45, 2.75) is 19.8 Å². The summed E-state index contributed by atoms with van der Waals surface area (Å²) in [5.41, 5.74) is 1.18. The number of amides is 1. The van der Waals surface area contributed by atoms with E-state index in [0.717, 1.165) is 37.3 Å². The number of aryl methyl sites for hydroxylation is 1. The normalized spacial score (nSPS) is 13.8. The second kappa shape index (κ2) is 6.95. The number of rotatable bonds is 4. The molecule has 0 unspecified atom stereocenters. The van der Waals surface area contributed by atoms with Crippen molar-refractivity contribution in [2.24, 2.45) is 0 Å². The zero-order valence-electron chi connectivity index (χ0n) is 14.5. The molecule has 7 nitrogen and oxygen atoms in total. The van der Waals surface area contributed by atoms with Crippen LogP contribution in [0.4, 0.5) is 11.6 Å². The summed E-state index contributed by atoms with van der Waals surface area (Å²) >= 11 is 0. The predicted molar refractivity (Wildman–Crippen MR) is 98.1 cm³/mol. The summed E-state index contributed by atoms with van der Waals surface area (Å²) in [6, 6.07) is 13.1. The lowest BCUT2D eigenvalue weighted by Gasteiger charge is -2.18. The Morgan fingerprint density at radius 1 is 1.12 bits per heavy atom. The molecule has 1 aliphatic rings. The fourth-order valence-corrected chi connectivity index (χ4v) is 2.98. The predicted octanol–water partition coefficient (Wildman–Crippen LogP) is 3.29. The van der Waals surface area contributed by atoms with Crippen LogP contribution in [0.1, 0.15) is 29.1 Å². The van der Waals surface area contributed by atoms with Crippen molar-refractivity contribution in [2.75, 3.05) is 23.3 Å². The first-order chi connectivity index (χ1) is 12.7. The molecule has 1 saturated heterocycles. The highest BCUT2D eigenvalue weighted by molar-refractivity contribution is 6.03. The fourth-order valence-electron chi connectivity index (χ4n) is 2.98. The second-order valence-electron chi connectivity index (χ2n) is 6.27. The van der Waals surface area contributed by atoms with Gasteiger partial charge in [-0.15, -0.1) is 0 Å². The van der Waals surface area contributed by atoms with Crippen LogP contribution in [0.2, 0.25) is 0 Å². The zero-order valence-corrected chi connectivity index (χ0v) is 14.5. The number of nitrogens with one attached hydrogen (secondary N) is 1. The molecule has 1 aromatic carbocycles. The molecular weight excluding hydrogens is 330 g/mol. The first-order valence-corrected chi connectivity index (χ1v) is 8.63. The number of anilines is 2. The third-order valence-electron chi connectivity index (χ3n) is 4.28. The molecule has 0 atom stereocenters. The van der Waals surface area contributed by atoms with E-state index in [2.05, 4.69) is 25.3 Å². The van der Waals surface area contributed by atoms with Crippen LogP contribution in [0, 0.1) is 6.92 Å². The number of benzene rings is 1. The summed E-state index contributed by atoms with van der Waals surface area (Å²) in [7, 11) is 0. The number of nitrogens with zero attached hydrogens (tertiary/aromatic N) is 4. The van der Waals surface area contributed by atoms with Crippen molar-refractivity contribution in [3.05, 3.63) is 53.9 Å². The maximum atomic E-state index is 12.7. The van der Waals surface area contributed by atoms with Crippen molar-refractivity contribution in [3.8, 4) is 11.4 Å².